The van der Waals surface area contributed by atoms with Gasteiger partial charge in [-0.1, -0.05) is 11.8 Å². The molecule has 1 aliphatic heterocycles. The Balaban J connectivity index is 1.86. The van der Waals surface area contributed by atoms with Crippen molar-refractivity contribution in [2.75, 3.05) is 18.8 Å². The molecular weight excluding hydrogens is 374 g/mol. The number of benzene rings is 1. The highest BCUT2D eigenvalue weighted by atomic mass is 32.2. The smallest absolute Gasteiger partial charge is 0.243 e. The fourth-order valence-electron chi connectivity index (χ4n) is 2.88. The fraction of sp³-hybridized carbons (Fsp3) is 0.438. The molecule has 1 aromatic carbocycles. The lowest BCUT2D eigenvalue weighted by atomic mass is 10.2. The van der Waals surface area contributed by atoms with E-state index in [0.29, 0.717) is 30.6 Å². The molecule has 1 saturated heterocycles. The van der Waals surface area contributed by atoms with Gasteiger partial charge in [0.2, 0.25) is 15.9 Å². The molecule has 1 aromatic heterocycles. The minimum absolute atomic E-state index is 0.130. The van der Waals surface area contributed by atoms with E-state index in [4.69, 9.17) is 5.73 Å². The predicted octanol–water partition coefficient (Wildman–Crippen LogP) is 1.33. The number of carbonyl (C=O) groups is 1. The van der Waals surface area contributed by atoms with Crippen molar-refractivity contribution in [3.63, 3.8) is 0 Å². The van der Waals surface area contributed by atoms with Crippen LogP contribution >= 0.6 is 11.8 Å². The highest BCUT2D eigenvalue weighted by Crippen LogP contribution is 2.26. The van der Waals surface area contributed by atoms with E-state index in [1.54, 1.807) is 24.3 Å². The van der Waals surface area contributed by atoms with Crippen LogP contribution in [-0.4, -0.2) is 52.2 Å². The number of carbonyl (C=O) groups excluding carboxylic acids is 1. The van der Waals surface area contributed by atoms with Crippen LogP contribution in [0.1, 0.15) is 19.8 Å². The molecule has 3 rings (SSSR count). The summed E-state index contributed by atoms with van der Waals surface area (Å²) in [6, 6.07) is 6.69. The van der Waals surface area contributed by atoms with Crippen LogP contribution in [0, 0.1) is 0 Å². The van der Waals surface area contributed by atoms with Crippen LogP contribution < -0.4 is 5.73 Å². The molecule has 0 aliphatic carbocycles. The van der Waals surface area contributed by atoms with Crippen molar-refractivity contribution in [1.82, 2.24) is 19.1 Å². The molecule has 0 saturated carbocycles. The van der Waals surface area contributed by atoms with E-state index in [9.17, 15) is 13.2 Å². The summed E-state index contributed by atoms with van der Waals surface area (Å²) in [5.74, 6) is 0.341. The van der Waals surface area contributed by atoms with Gasteiger partial charge < -0.3 is 10.3 Å². The average Bonchev–Trinajstić information content (AvgIpc) is 3.29. The molecule has 2 N–H and O–H groups in total. The molecule has 26 heavy (non-hydrogen) atoms. The maximum absolute atomic E-state index is 12.6. The average molecular weight is 396 g/mol. The van der Waals surface area contributed by atoms with E-state index < -0.39 is 15.9 Å². The van der Waals surface area contributed by atoms with Gasteiger partial charge >= 0.3 is 0 Å². The lowest BCUT2D eigenvalue weighted by Crippen LogP contribution is -2.27. The van der Waals surface area contributed by atoms with Crippen LogP contribution in [0.3, 0.4) is 0 Å². The number of nitrogens with zero attached hydrogens (tertiary/aromatic N) is 4. The zero-order chi connectivity index (χ0) is 18.7. The fourth-order valence-corrected chi connectivity index (χ4v) is 5.14. The van der Waals surface area contributed by atoms with Crippen molar-refractivity contribution < 1.29 is 13.2 Å². The summed E-state index contributed by atoms with van der Waals surface area (Å²) >= 11 is 1.23. The van der Waals surface area contributed by atoms with Crippen molar-refractivity contribution >= 4 is 27.7 Å². The second-order valence-corrected chi connectivity index (χ2v) is 8.82. The zero-order valence-corrected chi connectivity index (χ0v) is 16.1. The maximum Gasteiger partial charge on any atom is 0.243 e. The molecular formula is C16H21N5O3S2. The van der Waals surface area contributed by atoms with Crippen molar-refractivity contribution in [3.05, 3.63) is 24.3 Å². The van der Waals surface area contributed by atoms with Crippen LogP contribution in [0.4, 0.5) is 0 Å². The van der Waals surface area contributed by atoms with Gasteiger partial charge in [-0.3, -0.25) is 4.79 Å². The van der Waals surface area contributed by atoms with Gasteiger partial charge in [-0.2, -0.15) is 4.31 Å². The van der Waals surface area contributed by atoms with Gasteiger partial charge in [0.25, 0.3) is 0 Å². The van der Waals surface area contributed by atoms with Crippen molar-refractivity contribution in [2.24, 2.45) is 5.73 Å². The van der Waals surface area contributed by atoms with Crippen LogP contribution in [0.5, 0.6) is 0 Å². The van der Waals surface area contributed by atoms with Crippen molar-refractivity contribution in [3.8, 4) is 11.4 Å². The molecule has 2 aromatic rings. The van der Waals surface area contributed by atoms with Crippen molar-refractivity contribution in [2.45, 2.75) is 36.4 Å². The summed E-state index contributed by atoms with van der Waals surface area (Å²) < 4.78 is 28.6. The third-order valence-corrected chi connectivity index (χ3v) is 7.09. The first kappa shape index (κ1) is 18.9. The summed E-state index contributed by atoms with van der Waals surface area (Å²) in [4.78, 5) is 11.3. The number of hydrogen-bond acceptors (Lipinski definition) is 6. The Morgan fingerprint density at radius 3 is 2.42 bits per heavy atom. The predicted molar refractivity (Wildman–Crippen MR) is 99.0 cm³/mol. The van der Waals surface area contributed by atoms with Crippen LogP contribution in [-0.2, 0) is 21.4 Å². The number of sulfonamides is 1. The molecule has 1 aliphatic rings. The first-order valence-corrected chi connectivity index (χ1v) is 10.8. The Labute approximate surface area is 156 Å². The quantitative estimate of drug-likeness (QED) is 0.708. The summed E-state index contributed by atoms with van der Waals surface area (Å²) in [6.07, 6.45) is 1.81. The second-order valence-electron chi connectivity index (χ2n) is 5.94. The lowest BCUT2D eigenvalue weighted by molar-refractivity contribution is -0.115. The van der Waals surface area contributed by atoms with Gasteiger partial charge in [0.1, 0.15) is 0 Å². The summed E-state index contributed by atoms with van der Waals surface area (Å²) in [5.41, 5.74) is 5.95. The molecule has 8 nitrogen and oxygen atoms in total. The monoisotopic (exact) mass is 395 g/mol. The molecule has 0 unspecified atom stereocenters. The maximum atomic E-state index is 12.6. The lowest BCUT2D eigenvalue weighted by Gasteiger charge is -2.15. The normalized spacial score (nSPS) is 15.4. The van der Waals surface area contributed by atoms with Gasteiger partial charge in [0.05, 0.1) is 10.6 Å². The topological polar surface area (TPSA) is 111 Å². The van der Waals surface area contributed by atoms with Crippen molar-refractivity contribution in [1.29, 1.82) is 0 Å². The molecule has 0 spiro atoms. The van der Waals surface area contributed by atoms with Gasteiger partial charge in [0, 0.05) is 25.2 Å². The SMILES string of the molecule is CCn1c(SCC(N)=O)nnc1-c1ccc(S(=O)(=O)N2CCCC2)cc1. The van der Waals surface area contributed by atoms with E-state index >= 15 is 0 Å². The Bertz CT molecular complexity index is 887. The number of hydrogen-bond donors (Lipinski definition) is 1. The van der Waals surface area contributed by atoms with E-state index in [1.165, 1.54) is 16.1 Å². The van der Waals surface area contributed by atoms with Crippen LogP contribution in [0.2, 0.25) is 0 Å². The van der Waals surface area contributed by atoms with Crippen LogP contribution in [0.15, 0.2) is 34.3 Å². The Morgan fingerprint density at radius 2 is 1.85 bits per heavy atom. The van der Waals surface area contributed by atoms with Gasteiger partial charge in [0.15, 0.2) is 11.0 Å². The molecule has 10 heteroatoms. The third-order valence-electron chi connectivity index (χ3n) is 4.19. The summed E-state index contributed by atoms with van der Waals surface area (Å²) in [6.45, 7) is 3.73. The zero-order valence-electron chi connectivity index (χ0n) is 14.5. The number of aromatic nitrogens is 3. The standard InChI is InChI=1S/C16H21N5O3S2/c1-2-21-15(18-19-16(21)25-11-14(17)22)12-5-7-13(8-6-12)26(23,24)20-9-3-4-10-20/h5-8H,2-4,9-11H2,1H3,(H2,17,22). The van der Waals surface area contributed by atoms with E-state index in [-0.39, 0.29) is 10.6 Å². The third kappa shape index (κ3) is 3.76. The number of primary amides is 1. The van der Waals surface area contributed by atoms with E-state index in [1.807, 2.05) is 11.5 Å². The minimum Gasteiger partial charge on any atom is -0.369 e. The largest absolute Gasteiger partial charge is 0.369 e. The van der Waals surface area contributed by atoms with Crippen LogP contribution in [0.25, 0.3) is 11.4 Å². The van der Waals surface area contributed by atoms with Gasteiger partial charge in [-0.25, -0.2) is 8.42 Å². The summed E-state index contributed by atoms with van der Waals surface area (Å²) in [7, 11) is -3.43. The highest BCUT2D eigenvalue weighted by Gasteiger charge is 2.27. The van der Waals surface area contributed by atoms with E-state index in [0.717, 1.165) is 18.4 Å². The number of nitrogens with two attached hydrogens (primary N) is 1. The number of rotatable bonds is 7. The Hall–Kier alpha value is -1.91. The summed E-state index contributed by atoms with van der Waals surface area (Å²) in [5, 5.41) is 8.90. The van der Waals surface area contributed by atoms with Gasteiger partial charge in [-0.05, 0) is 44.0 Å². The molecule has 140 valence electrons. The Kier molecular flexibility index (Phi) is 5.64. The minimum atomic E-state index is -3.43. The molecule has 0 atom stereocenters. The molecule has 0 bridgehead atoms. The number of thioether (sulfide) groups is 1. The highest BCUT2D eigenvalue weighted by molar-refractivity contribution is 7.99. The van der Waals surface area contributed by atoms with E-state index in [2.05, 4.69) is 10.2 Å². The molecule has 0 radical (unpaired) electrons. The van der Waals surface area contributed by atoms with Gasteiger partial charge in [-0.15, -0.1) is 10.2 Å². The molecule has 1 amide bonds. The Morgan fingerprint density at radius 1 is 1.19 bits per heavy atom. The first-order valence-electron chi connectivity index (χ1n) is 8.38. The second kappa shape index (κ2) is 7.77. The molecule has 2 heterocycles. The number of amides is 1. The molecule has 1 fully saturated rings. The first-order chi connectivity index (χ1) is 12.4.